The van der Waals surface area contributed by atoms with E-state index >= 15 is 0 Å². The highest BCUT2D eigenvalue weighted by Gasteiger charge is 2.25. The summed E-state index contributed by atoms with van der Waals surface area (Å²) in [5.74, 6) is 0. The molecule has 1 unspecified atom stereocenters. The molecule has 0 amide bonds. The van der Waals surface area contributed by atoms with Crippen LogP contribution in [0.2, 0.25) is 0 Å². The van der Waals surface area contributed by atoms with Gasteiger partial charge in [0.2, 0.25) is 0 Å². The Balaban J connectivity index is 2.99. The lowest BCUT2D eigenvalue weighted by atomic mass is 9.93. The van der Waals surface area contributed by atoms with Crippen molar-refractivity contribution < 1.29 is 4.84 Å². The SMILES string of the molecule is CCC(C)(ON=[N+]=[N-])c1ccc(C)cc1. The van der Waals surface area contributed by atoms with Crippen LogP contribution < -0.4 is 0 Å². The topological polar surface area (TPSA) is 58.0 Å². The van der Waals surface area contributed by atoms with Gasteiger partial charge in [0.25, 0.3) is 0 Å². The molecule has 0 aliphatic carbocycles. The molecule has 0 aromatic heterocycles. The Morgan fingerprint density at radius 2 is 2.00 bits per heavy atom. The van der Waals surface area contributed by atoms with Gasteiger partial charge in [0.1, 0.15) is 10.9 Å². The maximum atomic E-state index is 8.25. The first kappa shape index (κ1) is 11.4. The first-order valence-corrected chi connectivity index (χ1v) is 4.92. The molecule has 1 aromatic rings. The summed E-state index contributed by atoms with van der Waals surface area (Å²) in [6.45, 7) is 5.93. The zero-order valence-corrected chi connectivity index (χ0v) is 9.27. The zero-order chi connectivity index (χ0) is 11.3. The van der Waals surface area contributed by atoms with E-state index in [-0.39, 0.29) is 0 Å². The second-order valence-electron chi connectivity index (χ2n) is 3.71. The summed E-state index contributed by atoms with van der Waals surface area (Å²) in [6.07, 6.45) is 0.745. The Kier molecular flexibility index (Phi) is 3.58. The van der Waals surface area contributed by atoms with E-state index in [1.54, 1.807) is 0 Å². The van der Waals surface area contributed by atoms with Crippen LogP contribution in [0.5, 0.6) is 0 Å². The van der Waals surface area contributed by atoms with Crippen LogP contribution in [0.3, 0.4) is 0 Å². The van der Waals surface area contributed by atoms with Crippen molar-refractivity contribution in [3.63, 3.8) is 0 Å². The summed E-state index contributed by atoms with van der Waals surface area (Å²) in [5, 5.41) is 3.19. The molecular formula is C11H15N3O. The lowest BCUT2D eigenvalue weighted by molar-refractivity contribution is -0.0403. The quantitative estimate of drug-likeness (QED) is 0.318. The average Bonchev–Trinajstić information content (AvgIpc) is 2.27. The Bertz CT molecular complexity index is 368. The third kappa shape index (κ3) is 2.64. The summed E-state index contributed by atoms with van der Waals surface area (Å²) < 4.78 is 0. The minimum Gasteiger partial charge on any atom is -0.422 e. The highest BCUT2D eigenvalue weighted by molar-refractivity contribution is 5.26. The van der Waals surface area contributed by atoms with Crippen LogP contribution in [0, 0.1) is 6.92 Å². The molecular weight excluding hydrogens is 190 g/mol. The Hall–Kier alpha value is -1.67. The van der Waals surface area contributed by atoms with Crippen molar-refractivity contribution in [3.8, 4) is 0 Å². The molecule has 0 radical (unpaired) electrons. The highest BCUT2D eigenvalue weighted by atomic mass is 16.7. The third-order valence-electron chi connectivity index (χ3n) is 2.62. The average molecular weight is 205 g/mol. The Labute approximate surface area is 89.5 Å². The van der Waals surface area contributed by atoms with Gasteiger partial charge in [-0.05, 0) is 31.4 Å². The molecule has 0 fully saturated rings. The van der Waals surface area contributed by atoms with Gasteiger partial charge in [-0.3, -0.25) is 0 Å². The number of azide groups is 1. The van der Waals surface area contributed by atoms with Crippen molar-refractivity contribution in [2.45, 2.75) is 32.8 Å². The molecule has 0 saturated carbocycles. The number of hydrogen-bond donors (Lipinski definition) is 0. The largest absolute Gasteiger partial charge is 0.422 e. The van der Waals surface area contributed by atoms with E-state index in [4.69, 9.17) is 10.4 Å². The van der Waals surface area contributed by atoms with E-state index in [9.17, 15) is 0 Å². The van der Waals surface area contributed by atoms with Gasteiger partial charge in [-0.1, -0.05) is 36.8 Å². The van der Waals surface area contributed by atoms with Crippen LogP contribution in [0.4, 0.5) is 0 Å². The normalized spacial score (nSPS) is 13.8. The Morgan fingerprint density at radius 1 is 1.40 bits per heavy atom. The number of rotatable bonds is 4. The van der Waals surface area contributed by atoms with Gasteiger partial charge in [-0.2, -0.15) is 0 Å². The lowest BCUT2D eigenvalue weighted by Crippen LogP contribution is -2.22. The molecule has 1 rings (SSSR count). The molecule has 15 heavy (non-hydrogen) atoms. The van der Waals surface area contributed by atoms with E-state index in [0.29, 0.717) is 0 Å². The van der Waals surface area contributed by atoms with Crippen molar-refractivity contribution in [2.75, 3.05) is 0 Å². The predicted molar refractivity (Wildman–Crippen MR) is 59.1 cm³/mol. The standard InChI is InChI=1S/C11H15N3O/c1-4-11(3,15-14-13-12)10-7-5-9(2)6-8-10/h5-8H,4H2,1-3H3. The number of benzene rings is 1. The minimum absolute atomic E-state index is 0.542. The molecule has 1 aromatic carbocycles. The molecule has 0 aliphatic rings. The first-order valence-electron chi connectivity index (χ1n) is 4.92. The summed E-state index contributed by atoms with van der Waals surface area (Å²) in [4.78, 5) is 7.78. The monoisotopic (exact) mass is 205 g/mol. The summed E-state index contributed by atoms with van der Waals surface area (Å²) in [7, 11) is 0. The number of aryl methyl sites for hydroxylation is 1. The van der Waals surface area contributed by atoms with Gasteiger partial charge < -0.3 is 4.84 Å². The fourth-order valence-corrected chi connectivity index (χ4v) is 1.34. The molecule has 0 saturated heterocycles. The van der Waals surface area contributed by atoms with E-state index < -0.39 is 5.60 Å². The zero-order valence-electron chi connectivity index (χ0n) is 9.27. The van der Waals surface area contributed by atoms with Gasteiger partial charge in [0.15, 0.2) is 0 Å². The van der Waals surface area contributed by atoms with Gasteiger partial charge in [-0.15, -0.1) is 0 Å². The van der Waals surface area contributed by atoms with E-state index in [2.05, 4.69) is 10.2 Å². The summed E-state index contributed by atoms with van der Waals surface area (Å²) in [5.41, 5.74) is 9.92. The van der Waals surface area contributed by atoms with Crippen LogP contribution in [0.25, 0.3) is 10.4 Å². The molecule has 0 heterocycles. The first-order chi connectivity index (χ1) is 7.12. The maximum Gasteiger partial charge on any atom is 0.140 e. The van der Waals surface area contributed by atoms with E-state index in [1.165, 1.54) is 5.56 Å². The van der Waals surface area contributed by atoms with Crippen LogP contribution in [-0.4, -0.2) is 0 Å². The smallest absolute Gasteiger partial charge is 0.140 e. The molecule has 0 bridgehead atoms. The highest BCUT2D eigenvalue weighted by Crippen LogP contribution is 2.29. The molecule has 0 N–H and O–H groups in total. The fourth-order valence-electron chi connectivity index (χ4n) is 1.34. The Morgan fingerprint density at radius 3 is 2.47 bits per heavy atom. The van der Waals surface area contributed by atoms with Crippen molar-refractivity contribution in [2.24, 2.45) is 5.28 Å². The summed E-state index contributed by atoms with van der Waals surface area (Å²) >= 11 is 0. The van der Waals surface area contributed by atoms with Crippen molar-refractivity contribution in [1.82, 2.24) is 0 Å². The van der Waals surface area contributed by atoms with Gasteiger partial charge in [0.05, 0.1) is 0 Å². The van der Waals surface area contributed by atoms with Crippen LogP contribution in [0.15, 0.2) is 29.5 Å². The van der Waals surface area contributed by atoms with Crippen molar-refractivity contribution >= 4 is 0 Å². The van der Waals surface area contributed by atoms with E-state index in [1.807, 2.05) is 45.0 Å². The van der Waals surface area contributed by atoms with Crippen LogP contribution in [-0.2, 0) is 10.4 Å². The maximum absolute atomic E-state index is 8.25. The predicted octanol–water partition coefficient (Wildman–Crippen LogP) is 3.86. The molecule has 4 nitrogen and oxygen atoms in total. The van der Waals surface area contributed by atoms with Crippen LogP contribution in [0.1, 0.15) is 31.4 Å². The second-order valence-corrected chi connectivity index (χ2v) is 3.71. The summed E-state index contributed by atoms with van der Waals surface area (Å²) in [6, 6.07) is 8.02. The molecule has 4 heteroatoms. The van der Waals surface area contributed by atoms with Crippen LogP contribution >= 0.6 is 0 Å². The lowest BCUT2D eigenvalue weighted by Gasteiger charge is -2.26. The van der Waals surface area contributed by atoms with Gasteiger partial charge in [0, 0.05) is 4.91 Å². The van der Waals surface area contributed by atoms with Crippen molar-refractivity contribution in [1.29, 1.82) is 0 Å². The van der Waals surface area contributed by atoms with Crippen molar-refractivity contribution in [3.05, 3.63) is 45.8 Å². The minimum atomic E-state index is -0.542. The van der Waals surface area contributed by atoms with Gasteiger partial charge >= 0.3 is 0 Å². The molecule has 0 aliphatic heterocycles. The second kappa shape index (κ2) is 4.71. The number of hydrogen-bond acceptors (Lipinski definition) is 2. The van der Waals surface area contributed by atoms with Gasteiger partial charge in [-0.25, -0.2) is 0 Å². The molecule has 80 valence electrons. The fraction of sp³-hybridized carbons (Fsp3) is 0.455. The molecule has 0 spiro atoms. The molecule has 1 atom stereocenters. The van der Waals surface area contributed by atoms with E-state index in [0.717, 1.165) is 12.0 Å². The third-order valence-corrected chi connectivity index (χ3v) is 2.62. The number of nitrogens with zero attached hydrogens (tertiary/aromatic N) is 3.